The topological polar surface area (TPSA) is 75.4 Å². The third-order valence-corrected chi connectivity index (χ3v) is 2.89. The molecule has 5 nitrogen and oxygen atoms in total. The Balaban J connectivity index is 2.10. The predicted octanol–water partition coefficient (Wildman–Crippen LogP) is 1.84. The molecule has 16 heavy (non-hydrogen) atoms. The van der Waals surface area contributed by atoms with Crippen molar-refractivity contribution >= 4 is 11.4 Å². The molecule has 1 aromatic carbocycles. The van der Waals surface area contributed by atoms with Gasteiger partial charge < -0.3 is 10.4 Å². The van der Waals surface area contributed by atoms with Crippen molar-refractivity contribution in [3.05, 3.63) is 33.9 Å². The van der Waals surface area contributed by atoms with E-state index in [4.69, 9.17) is 5.11 Å². The molecule has 1 aliphatic carbocycles. The molecule has 0 radical (unpaired) electrons. The number of nitrogens with zero attached hydrogens (tertiary/aromatic N) is 1. The minimum Gasteiger partial charge on any atom is -0.393 e. The molecule has 0 aliphatic heterocycles. The van der Waals surface area contributed by atoms with Crippen LogP contribution in [0.4, 0.5) is 11.4 Å². The highest BCUT2D eigenvalue weighted by Gasteiger charge is 2.27. The molecule has 0 aromatic heterocycles. The van der Waals surface area contributed by atoms with E-state index in [0.29, 0.717) is 18.4 Å². The summed E-state index contributed by atoms with van der Waals surface area (Å²) < 4.78 is 0. The van der Waals surface area contributed by atoms with Gasteiger partial charge in [-0.05, 0) is 25.8 Å². The van der Waals surface area contributed by atoms with Crippen LogP contribution in [0.15, 0.2) is 18.2 Å². The minimum absolute atomic E-state index is 0.130. The van der Waals surface area contributed by atoms with Crippen molar-refractivity contribution in [2.45, 2.75) is 31.9 Å². The molecule has 1 aromatic rings. The molecule has 1 aliphatic rings. The van der Waals surface area contributed by atoms with Gasteiger partial charge in [-0.2, -0.15) is 0 Å². The van der Waals surface area contributed by atoms with E-state index in [1.54, 1.807) is 19.1 Å². The number of aliphatic hydroxyl groups excluding tert-OH is 1. The molecule has 2 rings (SSSR count). The van der Waals surface area contributed by atoms with E-state index in [9.17, 15) is 10.1 Å². The summed E-state index contributed by atoms with van der Waals surface area (Å²) in [5, 5.41) is 23.0. The van der Waals surface area contributed by atoms with E-state index in [-0.39, 0.29) is 22.8 Å². The van der Waals surface area contributed by atoms with E-state index >= 15 is 0 Å². The Bertz CT molecular complexity index is 414. The van der Waals surface area contributed by atoms with Crippen LogP contribution in [0.3, 0.4) is 0 Å². The second kappa shape index (κ2) is 4.09. The van der Waals surface area contributed by atoms with Gasteiger partial charge in [0.2, 0.25) is 0 Å². The SMILES string of the molecule is Cc1ccc(NC2CC(O)C2)cc1[N+](=O)[O-]. The molecule has 5 heteroatoms. The summed E-state index contributed by atoms with van der Waals surface area (Å²) in [6.45, 7) is 1.72. The molecule has 1 fully saturated rings. The zero-order valence-electron chi connectivity index (χ0n) is 9.01. The Morgan fingerprint density at radius 3 is 2.75 bits per heavy atom. The lowest BCUT2D eigenvalue weighted by Crippen LogP contribution is -2.38. The van der Waals surface area contributed by atoms with Gasteiger partial charge in [0.1, 0.15) is 0 Å². The zero-order chi connectivity index (χ0) is 11.7. The van der Waals surface area contributed by atoms with Crippen LogP contribution in [0.2, 0.25) is 0 Å². The number of nitro benzene ring substituents is 1. The lowest BCUT2D eigenvalue weighted by atomic mass is 9.89. The van der Waals surface area contributed by atoms with Gasteiger partial charge in [0, 0.05) is 23.4 Å². The van der Waals surface area contributed by atoms with Crippen molar-refractivity contribution in [2.75, 3.05) is 5.32 Å². The van der Waals surface area contributed by atoms with E-state index in [0.717, 1.165) is 5.69 Å². The first-order chi connectivity index (χ1) is 7.56. The molecule has 0 atom stereocenters. The first-order valence-electron chi connectivity index (χ1n) is 5.26. The number of aliphatic hydroxyl groups is 1. The summed E-state index contributed by atoms with van der Waals surface area (Å²) in [6, 6.07) is 5.33. The third-order valence-electron chi connectivity index (χ3n) is 2.89. The average Bonchev–Trinajstić information content (AvgIpc) is 2.18. The van der Waals surface area contributed by atoms with Crippen molar-refractivity contribution in [1.29, 1.82) is 0 Å². The molecule has 0 bridgehead atoms. The van der Waals surface area contributed by atoms with Crippen LogP contribution in [0.5, 0.6) is 0 Å². The summed E-state index contributed by atoms with van der Waals surface area (Å²) in [4.78, 5) is 10.4. The number of hydrogen-bond donors (Lipinski definition) is 2. The highest BCUT2D eigenvalue weighted by atomic mass is 16.6. The molecular weight excluding hydrogens is 208 g/mol. The van der Waals surface area contributed by atoms with Gasteiger partial charge >= 0.3 is 0 Å². The standard InChI is InChI=1S/C11H14N2O3/c1-7-2-3-8(6-11(7)13(15)16)12-9-4-10(14)5-9/h2-3,6,9-10,12,14H,4-5H2,1H3. The summed E-state index contributed by atoms with van der Waals surface area (Å²) in [7, 11) is 0. The van der Waals surface area contributed by atoms with Crippen molar-refractivity contribution < 1.29 is 10.0 Å². The minimum atomic E-state index is -0.379. The van der Waals surface area contributed by atoms with Gasteiger partial charge in [0.25, 0.3) is 5.69 Å². The Morgan fingerprint density at radius 1 is 1.50 bits per heavy atom. The number of benzene rings is 1. The van der Waals surface area contributed by atoms with Crippen LogP contribution in [-0.4, -0.2) is 22.2 Å². The zero-order valence-corrected chi connectivity index (χ0v) is 9.01. The fourth-order valence-corrected chi connectivity index (χ4v) is 1.84. The highest BCUT2D eigenvalue weighted by Crippen LogP contribution is 2.27. The lowest BCUT2D eigenvalue weighted by Gasteiger charge is -2.32. The Hall–Kier alpha value is -1.62. The van der Waals surface area contributed by atoms with E-state index in [1.165, 1.54) is 0 Å². The van der Waals surface area contributed by atoms with Crippen molar-refractivity contribution in [3.63, 3.8) is 0 Å². The van der Waals surface area contributed by atoms with Gasteiger partial charge in [-0.3, -0.25) is 10.1 Å². The van der Waals surface area contributed by atoms with Crippen LogP contribution >= 0.6 is 0 Å². The first kappa shape index (κ1) is 10.9. The van der Waals surface area contributed by atoms with Crippen molar-refractivity contribution in [2.24, 2.45) is 0 Å². The Morgan fingerprint density at radius 2 is 2.19 bits per heavy atom. The average molecular weight is 222 g/mol. The van der Waals surface area contributed by atoms with Crippen molar-refractivity contribution in [3.8, 4) is 0 Å². The smallest absolute Gasteiger partial charge is 0.274 e. The van der Waals surface area contributed by atoms with E-state index in [2.05, 4.69) is 5.32 Å². The van der Waals surface area contributed by atoms with Crippen LogP contribution in [0.1, 0.15) is 18.4 Å². The molecule has 0 spiro atoms. The summed E-state index contributed by atoms with van der Waals surface area (Å²) in [5.74, 6) is 0. The normalized spacial score (nSPS) is 23.6. The van der Waals surface area contributed by atoms with Crippen LogP contribution in [0, 0.1) is 17.0 Å². The van der Waals surface area contributed by atoms with Gasteiger partial charge in [0.05, 0.1) is 11.0 Å². The summed E-state index contributed by atoms with van der Waals surface area (Å²) in [5.41, 5.74) is 1.53. The highest BCUT2D eigenvalue weighted by molar-refractivity contribution is 5.55. The van der Waals surface area contributed by atoms with Gasteiger partial charge in [-0.1, -0.05) is 6.07 Å². The molecule has 86 valence electrons. The van der Waals surface area contributed by atoms with Gasteiger partial charge in [-0.25, -0.2) is 0 Å². The fraction of sp³-hybridized carbons (Fsp3) is 0.455. The fourth-order valence-electron chi connectivity index (χ4n) is 1.84. The summed E-state index contributed by atoms with van der Waals surface area (Å²) >= 11 is 0. The first-order valence-corrected chi connectivity index (χ1v) is 5.26. The van der Waals surface area contributed by atoms with Crippen LogP contribution in [0.25, 0.3) is 0 Å². The second-order valence-electron chi connectivity index (χ2n) is 4.22. The molecular formula is C11H14N2O3. The maximum atomic E-state index is 10.7. The quantitative estimate of drug-likeness (QED) is 0.604. The van der Waals surface area contributed by atoms with Crippen LogP contribution in [-0.2, 0) is 0 Å². The Kier molecular flexibility index (Phi) is 2.78. The van der Waals surface area contributed by atoms with E-state index in [1.807, 2.05) is 6.07 Å². The molecule has 0 saturated heterocycles. The maximum absolute atomic E-state index is 10.7. The summed E-state index contributed by atoms with van der Waals surface area (Å²) in [6.07, 6.45) is 1.20. The predicted molar refractivity (Wildman–Crippen MR) is 60.5 cm³/mol. The molecule has 0 amide bonds. The number of nitrogens with one attached hydrogen (secondary N) is 1. The largest absolute Gasteiger partial charge is 0.393 e. The number of anilines is 1. The van der Waals surface area contributed by atoms with Crippen molar-refractivity contribution in [1.82, 2.24) is 0 Å². The molecule has 0 unspecified atom stereocenters. The number of hydrogen-bond acceptors (Lipinski definition) is 4. The third kappa shape index (κ3) is 2.14. The second-order valence-corrected chi connectivity index (χ2v) is 4.22. The molecule has 2 N–H and O–H groups in total. The monoisotopic (exact) mass is 222 g/mol. The number of rotatable bonds is 3. The maximum Gasteiger partial charge on any atom is 0.274 e. The van der Waals surface area contributed by atoms with Gasteiger partial charge in [0.15, 0.2) is 0 Å². The van der Waals surface area contributed by atoms with E-state index < -0.39 is 0 Å². The molecule has 0 heterocycles. The lowest BCUT2D eigenvalue weighted by molar-refractivity contribution is -0.385. The Labute approximate surface area is 93.2 Å². The molecule has 1 saturated carbocycles. The van der Waals surface area contributed by atoms with Gasteiger partial charge in [-0.15, -0.1) is 0 Å². The van der Waals surface area contributed by atoms with Crippen LogP contribution < -0.4 is 5.32 Å². The number of aryl methyl sites for hydroxylation is 1. The number of nitro groups is 1.